The van der Waals surface area contributed by atoms with E-state index in [2.05, 4.69) is 11.2 Å². The SMILES string of the molecule is CC[C@@H](O)Cn1nc(C2CC2)nc1-c1ccc2oc(C)cc2c1. The van der Waals surface area contributed by atoms with Crippen molar-refractivity contribution in [3.05, 3.63) is 35.9 Å². The maximum absolute atomic E-state index is 10.0. The van der Waals surface area contributed by atoms with Crippen LogP contribution in [-0.4, -0.2) is 26.0 Å². The van der Waals surface area contributed by atoms with Gasteiger partial charge in [-0.25, -0.2) is 9.67 Å². The molecule has 0 amide bonds. The molecule has 1 aliphatic carbocycles. The third-order valence-corrected chi connectivity index (χ3v) is 4.38. The van der Waals surface area contributed by atoms with Crippen LogP contribution in [0, 0.1) is 6.92 Å². The number of aliphatic hydroxyl groups excluding tert-OH is 1. The lowest BCUT2D eigenvalue weighted by Gasteiger charge is -2.10. The molecule has 5 nitrogen and oxygen atoms in total. The van der Waals surface area contributed by atoms with Crippen LogP contribution in [0.4, 0.5) is 0 Å². The zero-order valence-electron chi connectivity index (χ0n) is 13.5. The van der Waals surface area contributed by atoms with Gasteiger partial charge in [0.05, 0.1) is 12.6 Å². The van der Waals surface area contributed by atoms with E-state index in [1.54, 1.807) is 0 Å². The summed E-state index contributed by atoms with van der Waals surface area (Å²) < 4.78 is 7.50. The highest BCUT2D eigenvalue weighted by Gasteiger charge is 2.29. The van der Waals surface area contributed by atoms with Gasteiger partial charge in [0.2, 0.25) is 0 Å². The fraction of sp³-hybridized carbons (Fsp3) is 0.444. The molecule has 0 spiro atoms. The maximum atomic E-state index is 10.0. The second-order valence-corrected chi connectivity index (χ2v) is 6.42. The Kier molecular flexibility index (Phi) is 3.45. The number of nitrogens with zero attached hydrogens (tertiary/aromatic N) is 3. The monoisotopic (exact) mass is 311 g/mol. The minimum atomic E-state index is -0.401. The fourth-order valence-corrected chi connectivity index (χ4v) is 2.86. The lowest BCUT2D eigenvalue weighted by molar-refractivity contribution is 0.145. The molecule has 1 fully saturated rings. The number of aryl methyl sites for hydroxylation is 1. The van der Waals surface area contributed by atoms with Gasteiger partial charge in [0, 0.05) is 16.9 Å². The Morgan fingerprint density at radius 3 is 2.91 bits per heavy atom. The van der Waals surface area contributed by atoms with Gasteiger partial charge in [0.1, 0.15) is 11.3 Å². The van der Waals surface area contributed by atoms with Crippen molar-refractivity contribution in [2.45, 2.75) is 51.7 Å². The standard InChI is InChI=1S/C18H21N3O2/c1-3-15(22)10-21-18(19-17(20-21)12-4-5-12)13-6-7-16-14(9-13)8-11(2)23-16/h6-9,12,15,22H,3-5,10H2,1-2H3/t15-/m1/s1. The number of hydrogen-bond acceptors (Lipinski definition) is 4. The summed E-state index contributed by atoms with van der Waals surface area (Å²) in [5, 5.41) is 15.7. The molecular formula is C18H21N3O2. The van der Waals surface area contributed by atoms with Crippen molar-refractivity contribution in [3.63, 3.8) is 0 Å². The first-order chi connectivity index (χ1) is 11.1. The van der Waals surface area contributed by atoms with Crippen molar-refractivity contribution in [3.8, 4) is 11.4 Å². The van der Waals surface area contributed by atoms with Crippen LogP contribution in [0.5, 0.6) is 0 Å². The first-order valence-corrected chi connectivity index (χ1v) is 8.27. The smallest absolute Gasteiger partial charge is 0.158 e. The van der Waals surface area contributed by atoms with Crippen molar-refractivity contribution in [2.75, 3.05) is 0 Å². The van der Waals surface area contributed by atoms with E-state index in [1.807, 2.05) is 36.7 Å². The largest absolute Gasteiger partial charge is 0.461 e. The maximum Gasteiger partial charge on any atom is 0.158 e. The van der Waals surface area contributed by atoms with Crippen LogP contribution in [0.1, 0.15) is 43.7 Å². The number of aliphatic hydroxyl groups is 1. The molecule has 2 heterocycles. The van der Waals surface area contributed by atoms with Crippen molar-refractivity contribution >= 4 is 11.0 Å². The molecule has 0 saturated heterocycles. The highest BCUT2D eigenvalue weighted by molar-refractivity contribution is 5.82. The molecule has 120 valence electrons. The van der Waals surface area contributed by atoms with Gasteiger partial charge in [0.25, 0.3) is 0 Å². The summed E-state index contributed by atoms with van der Waals surface area (Å²) in [6, 6.07) is 8.11. The summed E-state index contributed by atoms with van der Waals surface area (Å²) in [5.41, 5.74) is 1.90. The predicted molar refractivity (Wildman–Crippen MR) is 88.2 cm³/mol. The van der Waals surface area contributed by atoms with Crippen LogP contribution < -0.4 is 0 Å². The van der Waals surface area contributed by atoms with Gasteiger partial charge in [-0.3, -0.25) is 0 Å². The Morgan fingerprint density at radius 2 is 2.17 bits per heavy atom. The van der Waals surface area contributed by atoms with Gasteiger partial charge in [-0.1, -0.05) is 6.92 Å². The van der Waals surface area contributed by atoms with E-state index in [-0.39, 0.29) is 0 Å². The van der Waals surface area contributed by atoms with E-state index in [9.17, 15) is 5.11 Å². The molecule has 0 radical (unpaired) electrons. The van der Waals surface area contributed by atoms with Gasteiger partial charge >= 0.3 is 0 Å². The van der Waals surface area contributed by atoms with Crippen LogP contribution in [0.25, 0.3) is 22.4 Å². The second-order valence-electron chi connectivity index (χ2n) is 6.42. The first-order valence-electron chi connectivity index (χ1n) is 8.27. The molecule has 2 aromatic heterocycles. The van der Waals surface area contributed by atoms with E-state index >= 15 is 0 Å². The Morgan fingerprint density at radius 1 is 1.35 bits per heavy atom. The van der Waals surface area contributed by atoms with Crippen molar-refractivity contribution in [1.82, 2.24) is 14.8 Å². The quantitative estimate of drug-likeness (QED) is 0.781. The van der Waals surface area contributed by atoms with Crippen LogP contribution in [-0.2, 0) is 6.54 Å². The summed E-state index contributed by atoms with van der Waals surface area (Å²) >= 11 is 0. The Bertz CT molecular complexity index is 845. The van der Waals surface area contributed by atoms with E-state index in [0.717, 1.165) is 33.9 Å². The molecule has 5 heteroatoms. The van der Waals surface area contributed by atoms with Crippen LogP contribution >= 0.6 is 0 Å². The molecule has 1 N–H and O–H groups in total. The fourth-order valence-electron chi connectivity index (χ4n) is 2.86. The van der Waals surface area contributed by atoms with Crippen LogP contribution in [0.15, 0.2) is 28.7 Å². The lowest BCUT2D eigenvalue weighted by atomic mass is 10.1. The van der Waals surface area contributed by atoms with Crippen molar-refractivity contribution < 1.29 is 9.52 Å². The summed E-state index contributed by atoms with van der Waals surface area (Å²) in [6.07, 6.45) is 2.64. The number of hydrogen-bond donors (Lipinski definition) is 1. The summed E-state index contributed by atoms with van der Waals surface area (Å²) in [6.45, 7) is 4.41. The van der Waals surface area contributed by atoms with E-state index in [0.29, 0.717) is 18.9 Å². The molecule has 1 atom stereocenters. The average molecular weight is 311 g/mol. The van der Waals surface area contributed by atoms with Gasteiger partial charge in [-0.2, -0.15) is 5.10 Å². The molecular weight excluding hydrogens is 290 g/mol. The second kappa shape index (κ2) is 5.49. The third kappa shape index (κ3) is 2.77. The zero-order chi connectivity index (χ0) is 16.0. The van der Waals surface area contributed by atoms with Crippen LogP contribution in [0.2, 0.25) is 0 Å². The molecule has 23 heavy (non-hydrogen) atoms. The Hall–Kier alpha value is -2.14. The highest BCUT2D eigenvalue weighted by Crippen LogP contribution is 2.39. The molecule has 0 unspecified atom stereocenters. The molecule has 0 aliphatic heterocycles. The van der Waals surface area contributed by atoms with Gasteiger partial charge in [-0.15, -0.1) is 0 Å². The Balaban J connectivity index is 1.77. The number of benzene rings is 1. The molecule has 1 aromatic carbocycles. The van der Waals surface area contributed by atoms with Gasteiger partial charge in [0.15, 0.2) is 11.6 Å². The van der Waals surface area contributed by atoms with E-state index in [1.165, 1.54) is 12.8 Å². The summed E-state index contributed by atoms with van der Waals surface area (Å²) in [4.78, 5) is 4.75. The zero-order valence-corrected chi connectivity index (χ0v) is 13.5. The lowest BCUT2D eigenvalue weighted by Crippen LogP contribution is -2.16. The minimum absolute atomic E-state index is 0.401. The topological polar surface area (TPSA) is 64.1 Å². The molecule has 3 aromatic rings. The Labute approximate surface area is 134 Å². The predicted octanol–water partition coefficient (Wildman–Crippen LogP) is 3.65. The molecule has 4 rings (SSSR count). The van der Waals surface area contributed by atoms with Gasteiger partial charge in [-0.05, 0) is 50.5 Å². The van der Waals surface area contributed by atoms with Gasteiger partial charge < -0.3 is 9.52 Å². The third-order valence-electron chi connectivity index (χ3n) is 4.38. The minimum Gasteiger partial charge on any atom is -0.461 e. The average Bonchev–Trinajstić information content (AvgIpc) is 3.20. The number of furan rings is 1. The molecule has 1 saturated carbocycles. The molecule has 1 aliphatic rings. The van der Waals surface area contributed by atoms with Crippen molar-refractivity contribution in [2.24, 2.45) is 0 Å². The van der Waals surface area contributed by atoms with Crippen LogP contribution in [0.3, 0.4) is 0 Å². The van der Waals surface area contributed by atoms with Crippen molar-refractivity contribution in [1.29, 1.82) is 0 Å². The summed E-state index contributed by atoms with van der Waals surface area (Å²) in [5.74, 6) is 3.14. The normalized spacial score (nSPS) is 16.1. The van der Waals surface area contributed by atoms with E-state index < -0.39 is 6.10 Å². The first kappa shape index (κ1) is 14.5. The highest BCUT2D eigenvalue weighted by atomic mass is 16.3. The number of rotatable bonds is 5. The number of aromatic nitrogens is 3. The summed E-state index contributed by atoms with van der Waals surface area (Å²) in [7, 11) is 0. The number of fused-ring (bicyclic) bond motifs is 1. The molecule has 0 bridgehead atoms. The van der Waals surface area contributed by atoms with E-state index in [4.69, 9.17) is 9.40 Å².